The van der Waals surface area contributed by atoms with E-state index in [4.69, 9.17) is 4.74 Å². The molecule has 7 heteroatoms. The second-order valence-electron chi connectivity index (χ2n) is 4.77. The zero-order valence-corrected chi connectivity index (χ0v) is 13.4. The number of halogens is 2. The molecule has 24 heavy (non-hydrogen) atoms. The van der Waals surface area contributed by atoms with Crippen LogP contribution in [0.25, 0.3) is 6.08 Å². The molecule has 0 atom stereocenters. The first-order valence-corrected chi connectivity index (χ1v) is 7.51. The molecule has 0 aliphatic carbocycles. The van der Waals surface area contributed by atoms with Gasteiger partial charge in [0.25, 0.3) is 0 Å². The highest BCUT2D eigenvalue weighted by atomic mass is 19.3. The number of alkyl halides is 2. The molecular formula is C17H18F2N2O3. The molecular weight excluding hydrogens is 318 g/mol. The van der Waals surface area contributed by atoms with Gasteiger partial charge < -0.3 is 9.47 Å². The van der Waals surface area contributed by atoms with E-state index in [9.17, 15) is 13.6 Å². The molecule has 0 saturated heterocycles. The Morgan fingerprint density at radius 1 is 1.29 bits per heavy atom. The van der Waals surface area contributed by atoms with E-state index >= 15 is 0 Å². The monoisotopic (exact) mass is 336 g/mol. The van der Waals surface area contributed by atoms with Gasteiger partial charge in [0, 0.05) is 12.7 Å². The van der Waals surface area contributed by atoms with Crippen LogP contribution in [0.1, 0.15) is 29.9 Å². The number of ketones is 1. The summed E-state index contributed by atoms with van der Waals surface area (Å²) >= 11 is 0. The van der Waals surface area contributed by atoms with Crippen molar-refractivity contribution >= 4 is 11.9 Å². The van der Waals surface area contributed by atoms with Crippen LogP contribution in [0.2, 0.25) is 0 Å². The first kappa shape index (κ1) is 17.7. The van der Waals surface area contributed by atoms with Crippen LogP contribution in [-0.2, 0) is 6.54 Å². The van der Waals surface area contributed by atoms with Crippen molar-refractivity contribution in [2.24, 2.45) is 0 Å². The minimum atomic E-state index is -2.93. The third-order valence-corrected chi connectivity index (χ3v) is 3.13. The Morgan fingerprint density at radius 3 is 2.71 bits per heavy atom. The Bertz CT molecular complexity index is 726. The average molecular weight is 336 g/mol. The highest BCUT2D eigenvalue weighted by molar-refractivity contribution is 6.05. The lowest BCUT2D eigenvalue weighted by Gasteiger charge is -2.11. The Labute approximate surface area is 138 Å². The van der Waals surface area contributed by atoms with Crippen LogP contribution in [0.3, 0.4) is 0 Å². The first-order chi connectivity index (χ1) is 11.5. The zero-order chi connectivity index (χ0) is 17.5. The molecule has 0 unspecified atom stereocenters. The first-order valence-electron chi connectivity index (χ1n) is 7.51. The predicted octanol–water partition coefficient (Wildman–Crippen LogP) is 3.80. The van der Waals surface area contributed by atoms with Gasteiger partial charge in [-0.05, 0) is 43.7 Å². The molecule has 2 aromatic rings. The number of aromatic nitrogens is 2. The summed E-state index contributed by atoms with van der Waals surface area (Å²) < 4.78 is 36.1. The number of carbonyl (C=O) groups is 1. The van der Waals surface area contributed by atoms with Crippen molar-refractivity contribution in [2.75, 3.05) is 6.61 Å². The molecule has 1 aromatic heterocycles. The summed E-state index contributed by atoms with van der Waals surface area (Å²) in [5.74, 6) is -0.0901. The van der Waals surface area contributed by atoms with Gasteiger partial charge in [-0.2, -0.15) is 13.9 Å². The number of hydrogen-bond donors (Lipinski definition) is 0. The second kappa shape index (κ2) is 8.24. The summed E-state index contributed by atoms with van der Waals surface area (Å²) in [5.41, 5.74) is 0.971. The third-order valence-electron chi connectivity index (χ3n) is 3.13. The molecule has 0 N–H and O–H groups in total. The lowest BCUT2D eigenvalue weighted by atomic mass is 10.1. The third kappa shape index (κ3) is 4.65. The van der Waals surface area contributed by atoms with E-state index in [-0.39, 0.29) is 17.3 Å². The van der Waals surface area contributed by atoms with E-state index in [0.29, 0.717) is 24.4 Å². The fourth-order valence-corrected chi connectivity index (χ4v) is 2.02. The molecule has 1 aromatic carbocycles. The van der Waals surface area contributed by atoms with Crippen molar-refractivity contribution in [1.82, 2.24) is 9.78 Å². The molecule has 0 fully saturated rings. The second-order valence-corrected chi connectivity index (χ2v) is 4.77. The normalized spacial score (nSPS) is 11.2. The zero-order valence-electron chi connectivity index (χ0n) is 13.4. The van der Waals surface area contributed by atoms with Gasteiger partial charge in [0.15, 0.2) is 11.5 Å². The number of rotatable bonds is 8. The molecule has 0 bridgehead atoms. The van der Waals surface area contributed by atoms with Gasteiger partial charge in [-0.25, -0.2) is 0 Å². The number of aryl methyl sites for hydroxylation is 1. The van der Waals surface area contributed by atoms with E-state index in [1.165, 1.54) is 18.2 Å². The van der Waals surface area contributed by atoms with Gasteiger partial charge in [-0.3, -0.25) is 9.48 Å². The molecule has 1 heterocycles. The summed E-state index contributed by atoms with van der Waals surface area (Å²) in [6, 6.07) is 6.12. The summed E-state index contributed by atoms with van der Waals surface area (Å²) in [4.78, 5) is 12.1. The van der Waals surface area contributed by atoms with E-state index in [1.54, 1.807) is 36.0 Å². The summed E-state index contributed by atoms with van der Waals surface area (Å²) in [6.45, 7) is 1.72. The van der Waals surface area contributed by atoms with Gasteiger partial charge in [0.05, 0.1) is 6.61 Å². The Kier molecular flexibility index (Phi) is 6.06. The van der Waals surface area contributed by atoms with E-state index in [2.05, 4.69) is 9.84 Å². The molecule has 0 saturated carbocycles. The molecule has 0 aliphatic heterocycles. The highest BCUT2D eigenvalue weighted by Crippen LogP contribution is 2.30. The van der Waals surface area contributed by atoms with Crippen LogP contribution in [0, 0.1) is 0 Å². The maximum atomic E-state index is 12.4. The summed E-state index contributed by atoms with van der Waals surface area (Å²) in [5, 5.41) is 4.12. The fraction of sp³-hybridized carbons (Fsp3) is 0.294. The van der Waals surface area contributed by atoms with Crippen molar-refractivity contribution in [3.8, 4) is 11.5 Å². The van der Waals surface area contributed by atoms with Crippen LogP contribution in [0.15, 0.2) is 36.5 Å². The van der Waals surface area contributed by atoms with E-state index in [0.717, 1.165) is 0 Å². The summed E-state index contributed by atoms with van der Waals surface area (Å²) in [7, 11) is 0. The van der Waals surface area contributed by atoms with Crippen molar-refractivity contribution in [2.45, 2.75) is 27.0 Å². The van der Waals surface area contributed by atoms with Gasteiger partial charge in [0.1, 0.15) is 5.69 Å². The van der Waals surface area contributed by atoms with Crippen molar-refractivity contribution < 1.29 is 23.0 Å². The largest absolute Gasteiger partial charge is 0.490 e. The van der Waals surface area contributed by atoms with Gasteiger partial charge in [-0.1, -0.05) is 12.1 Å². The highest BCUT2D eigenvalue weighted by Gasteiger charge is 2.11. The maximum absolute atomic E-state index is 12.4. The van der Waals surface area contributed by atoms with E-state index < -0.39 is 6.61 Å². The number of allylic oxidation sites excluding steroid dienone is 1. The minimum absolute atomic E-state index is 0.0444. The topological polar surface area (TPSA) is 53.4 Å². The number of benzene rings is 1. The predicted molar refractivity (Wildman–Crippen MR) is 85.5 cm³/mol. The summed E-state index contributed by atoms with van der Waals surface area (Å²) in [6.07, 6.45) is 4.67. The standard InChI is InChI=1S/C17H18F2N2O3/c1-3-21-10-9-13(20-21)14(22)7-5-12-6-8-15(24-17(18)19)16(11-12)23-4-2/h5-11,17H,3-4H2,1-2H3/b7-5+. The molecule has 0 aliphatic rings. The number of nitrogens with zero attached hydrogens (tertiary/aromatic N) is 2. The van der Waals surface area contributed by atoms with E-state index in [1.807, 2.05) is 6.92 Å². The molecule has 5 nitrogen and oxygen atoms in total. The average Bonchev–Trinajstić information content (AvgIpc) is 3.03. The van der Waals surface area contributed by atoms with Crippen LogP contribution < -0.4 is 9.47 Å². The quantitative estimate of drug-likeness (QED) is 0.543. The smallest absolute Gasteiger partial charge is 0.387 e. The minimum Gasteiger partial charge on any atom is -0.490 e. The lowest BCUT2D eigenvalue weighted by molar-refractivity contribution is -0.0514. The van der Waals surface area contributed by atoms with Crippen molar-refractivity contribution in [3.63, 3.8) is 0 Å². The lowest BCUT2D eigenvalue weighted by Crippen LogP contribution is -2.04. The van der Waals surface area contributed by atoms with Gasteiger partial charge in [-0.15, -0.1) is 0 Å². The number of carbonyl (C=O) groups excluding carboxylic acids is 1. The number of ether oxygens (including phenoxy) is 2. The van der Waals surface area contributed by atoms with Crippen molar-refractivity contribution in [3.05, 3.63) is 47.8 Å². The molecule has 0 amide bonds. The van der Waals surface area contributed by atoms with Gasteiger partial charge in [0.2, 0.25) is 5.78 Å². The fourth-order valence-electron chi connectivity index (χ4n) is 2.02. The van der Waals surface area contributed by atoms with Crippen LogP contribution in [0.4, 0.5) is 8.78 Å². The molecule has 128 valence electrons. The maximum Gasteiger partial charge on any atom is 0.387 e. The Morgan fingerprint density at radius 2 is 2.08 bits per heavy atom. The van der Waals surface area contributed by atoms with Crippen LogP contribution in [-0.4, -0.2) is 28.8 Å². The Balaban J connectivity index is 2.16. The molecule has 0 spiro atoms. The molecule has 0 radical (unpaired) electrons. The Hall–Kier alpha value is -2.70. The number of hydrogen-bond acceptors (Lipinski definition) is 4. The van der Waals surface area contributed by atoms with Crippen LogP contribution >= 0.6 is 0 Å². The van der Waals surface area contributed by atoms with Crippen molar-refractivity contribution in [1.29, 1.82) is 0 Å². The van der Waals surface area contributed by atoms with Gasteiger partial charge >= 0.3 is 6.61 Å². The molecule has 2 rings (SSSR count). The SMILES string of the molecule is CCOc1cc(/C=C/C(=O)c2ccn(CC)n2)ccc1OC(F)F. The van der Waals surface area contributed by atoms with Crippen LogP contribution in [0.5, 0.6) is 11.5 Å².